The van der Waals surface area contributed by atoms with Crippen molar-refractivity contribution in [2.24, 2.45) is 0 Å². The molecule has 3 rings (SSSR count). The molecule has 0 aliphatic rings. The van der Waals surface area contributed by atoms with Gasteiger partial charge in [-0.1, -0.05) is 52.3 Å². The predicted octanol–water partition coefficient (Wildman–Crippen LogP) is 4.40. The summed E-state index contributed by atoms with van der Waals surface area (Å²) in [6.45, 7) is 0.115. The van der Waals surface area contributed by atoms with Crippen molar-refractivity contribution in [2.75, 3.05) is 24.5 Å². The molecule has 3 aromatic carbocycles. The number of nitrogens with zero attached hydrogens (tertiary/aromatic N) is 1. The van der Waals surface area contributed by atoms with Crippen molar-refractivity contribution in [3.63, 3.8) is 0 Å². The molecule has 0 radical (unpaired) electrons. The van der Waals surface area contributed by atoms with E-state index < -0.39 is 10.0 Å². The number of aryl methyl sites for hydroxylation is 1. The van der Waals surface area contributed by atoms with Crippen LogP contribution < -0.4 is 14.4 Å². The van der Waals surface area contributed by atoms with Crippen molar-refractivity contribution < 1.29 is 17.9 Å². The van der Waals surface area contributed by atoms with Gasteiger partial charge in [0.05, 0.1) is 17.7 Å². The largest absolute Gasteiger partial charge is 0.496 e. The maximum Gasteiger partial charge on any atom is 0.264 e. The second-order valence-electron chi connectivity index (χ2n) is 7.07. The van der Waals surface area contributed by atoms with Crippen molar-refractivity contribution >= 4 is 37.5 Å². The van der Waals surface area contributed by atoms with E-state index in [4.69, 9.17) is 4.74 Å². The van der Waals surface area contributed by atoms with Crippen LogP contribution in [0.2, 0.25) is 0 Å². The Hall–Kier alpha value is -2.84. The molecule has 3 aromatic rings. The summed E-state index contributed by atoms with van der Waals surface area (Å²) in [6, 6.07) is 22.7. The zero-order chi connectivity index (χ0) is 23.0. The highest BCUT2D eigenvalue weighted by atomic mass is 79.9. The molecule has 0 saturated heterocycles. The zero-order valence-corrected chi connectivity index (χ0v) is 20.1. The minimum atomic E-state index is -3.90. The molecule has 0 unspecified atom stereocenters. The number of carbonyl (C=O) groups is 1. The average Bonchev–Trinajstić information content (AvgIpc) is 2.81. The van der Waals surface area contributed by atoms with Crippen LogP contribution in [0, 0.1) is 0 Å². The number of methoxy groups -OCH3 is 1. The predicted molar refractivity (Wildman–Crippen MR) is 129 cm³/mol. The van der Waals surface area contributed by atoms with Crippen LogP contribution in [-0.4, -0.2) is 34.5 Å². The van der Waals surface area contributed by atoms with Crippen LogP contribution in [0.1, 0.15) is 12.0 Å². The lowest BCUT2D eigenvalue weighted by atomic mass is 10.1. The minimum Gasteiger partial charge on any atom is -0.496 e. The van der Waals surface area contributed by atoms with Gasteiger partial charge in [0.1, 0.15) is 12.3 Å². The normalized spacial score (nSPS) is 11.1. The number of anilines is 1. The molecule has 0 fully saturated rings. The summed E-state index contributed by atoms with van der Waals surface area (Å²) in [4.78, 5) is 12.8. The molecule has 0 saturated carbocycles. The van der Waals surface area contributed by atoms with Gasteiger partial charge in [-0.2, -0.15) is 0 Å². The molecule has 0 atom stereocenters. The monoisotopic (exact) mass is 516 g/mol. The Kier molecular flexibility index (Phi) is 8.30. The summed E-state index contributed by atoms with van der Waals surface area (Å²) in [7, 11) is -2.27. The minimum absolute atomic E-state index is 0.131. The van der Waals surface area contributed by atoms with Crippen LogP contribution in [-0.2, 0) is 21.2 Å². The Balaban J connectivity index is 1.68. The number of para-hydroxylation sites is 1. The van der Waals surface area contributed by atoms with Gasteiger partial charge in [0.25, 0.3) is 10.0 Å². The van der Waals surface area contributed by atoms with Gasteiger partial charge in [0.2, 0.25) is 5.91 Å². The first kappa shape index (κ1) is 23.8. The van der Waals surface area contributed by atoms with Crippen LogP contribution >= 0.6 is 15.9 Å². The van der Waals surface area contributed by atoms with E-state index in [0.717, 1.165) is 26.5 Å². The van der Waals surface area contributed by atoms with Gasteiger partial charge in [-0.05, 0) is 60.9 Å². The van der Waals surface area contributed by atoms with Crippen LogP contribution in [0.4, 0.5) is 5.69 Å². The number of rotatable bonds is 10. The van der Waals surface area contributed by atoms with E-state index in [2.05, 4.69) is 21.2 Å². The summed E-state index contributed by atoms with van der Waals surface area (Å²) < 4.78 is 33.8. The standard InChI is InChI=1S/C24H25BrN2O4S/c1-31-23-12-6-5-8-19(23)9-7-17-26-24(28)18-27(21-15-13-20(25)14-16-21)32(29,30)22-10-3-2-4-11-22/h2-6,8,10-16H,7,9,17-18H2,1H3,(H,26,28). The van der Waals surface area contributed by atoms with E-state index in [1.165, 1.54) is 12.1 Å². The van der Waals surface area contributed by atoms with Gasteiger partial charge in [-0.3, -0.25) is 9.10 Å². The number of benzene rings is 3. The molecule has 8 heteroatoms. The first-order chi connectivity index (χ1) is 15.4. The summed E-state index contributed by atoms with van der Waals surface area (Å²) >= 11 is 3.36. The Morgan fingerprint density at radius 3 is 2.31 bits per heavy atom. The fraction of sp³-hybridized carbons (Fsp3) is 0.208. The van der Waals surface area contributed by atoms with Crippen molar-refractivity contribution in [1.29, 1.82) is 0 Å². The lowest BCUT2D eigenvalue weighted by Gasteiger charge is -2.24. The molecule has 32 heavy (non-hydrogen) atoms. The molecule has 0 bridgehead atoms. The highest BCUT2D eigenvalue weighted by molar-refractivity contribution is 9.10. The third-order valence-corrected chi connectivity index (χ3v) is 7.19. The average molecular weight is 517 g/mol. The molecule has 1 N–H and O–H groups in total. The number of halogens is 1. The number of amides is 1. The zero-order valence-electron chi connectivity index (χ0n) is 17.7. The molecule has 1 amide bonds. The molecule has 0 aliphatic heterocycles. The van der Waals surface area contributed by atoms with Crippen molar-refractivity contribution in [1.82, 2.24) is 5.32 Å². The first-order valence-corrected chi connectivity index (χ1v) is 12.4. The second kappa shape index (κ2) is 11.2. The molecule has 0 spiro atoms. The summed E-state index contributed by atoms with van der Waals surface area (Å²) in [5, 5.41) is 2.83. The number of hydrogen-bond donors (Lipinski definition) is 1. The quantitative estimate of drug-likeness (QED) is 0.405. The fourth-order valence-electron chi connectivity index (χ4n) is 3.24. The van der Waals surface area contributed by atoms with Crippen LogP contribution in [0.5, 0.6) is 5.75 Å². The van der Waals surface area contributed by atoms with E-state index in [1.54, 1.807) is 49.6 Å². The smallest absolute Gasteiger partial charge is 0.264 e. The van der Waals surface area contributed by atoms with E-state index in [9.17, 15) is 13.2 Å². The Bertz CT molecular complexity index is 1140. The maximum absolute atomic E-state index is 13.3. The summed E-state index contributed by atoms with van der Waals surface area (Å²) in [5.74, 6) is 0.446. The van der Waals surface area contributed by atoms with Crippen LogP contribution in [0.3, 0.4) is 0 Å². The lowest BCUT2D eigenvalue weighted by molar-refractivity contribution is -0.119. The van der Waals surface area contributed by atoms with E-state index in [1.807, 2.05) is 24.3 Å². The Morgan fingerprint density at radius 2 is 1.62 bits per heavy atom. The highest BCUT2D eigenvalue weighted by Gasteiger charge is 2.27. The SMILES string of the molecule is COc1ccccc1CCCNC(=O)CN(c1ccc(Br)cc1)S(=O)(=O)c1ccccc1. The fourth-order valence-corrected chi connectivity index (χ4v) is 4.95. The number of ether oxygens (including phenoxy) is 1. The van der Waals surface area contributed by atoms with E-state index in [0.29, 0.717) is 18.7 Å². The van der Waals surface area contributed by atoms with Crippen LogP contribution in [0.25, 0.3) is 0 Å². The molecule has 0 aliphatic carbocycles. The highest BCUT2D eigenvalue weighted by Crippen LogP contribution is 2.25. The summed E-state index contributed by atoms with van der Waals surface area (Å²) in [6.07, 6.45) is 1.44. The lowest BCUT2D eigenvalue weighted by Crippen LogP contribution is -2.41. The topological polar surface area (TPSA) is 75.7 Å². The molecule has 168 valence electrons. The Labute approximate surface area is 197 Å². The van der Waals surface area contributed by atoms with Gasteiger partial charge < -0.3 is 10.1 Å². The number of hydrogen-bond acceptors (Lipinski definition) is 4. The summed E-state index contributed by atoms with van der Waals surface area (Å²) in [5.41, 5.74) is 1.48. The number of nitrogens with one attached hydrogen (secondary N) is 1. The van der Waals surface area contributed by atoms with Crippen molar-refractivity contribution in [3.05, 3.63) is 88.9 Å². The number of sulfonamides is 1. The van der Waals surface area contributed by atoms with Crippen molar-refractivity contribution in [3.8, 4) is 5.75 Å². The third-order valence-electron chi connectivity index (χ3n) is 4.87. The van der Waals surface area contributed by atoms with Gasteiger partial charge in [-0.15, -0.1) is 0 Å². The third kappa shape index (κ3) is 6.11. The molecule has 6 nitrogen and oxygen atoms in total. The maximum atomic E-state index is 13.3. The second-order valence-corrected chi connectivity index (χ2v) is 9.84. The van der Waals surface area contributed by atoms with E-state index >= 15 is 0 Å². The molecule has 0 heterocycles. The van der Waals surface area contributed by atoms with E-state index in [-0.39, 0.29) is 17.3 Å². The molecular weight excluding hydrogens is 492 g/mol. The molecular formula is C24H25BrN2O4S. The van der Waals surface area contributed by atoms with Gasteiger partial charge in [0, 0.05) is 11.0 Å². The van der Waals surface area contributed by atoms with Gasteiger partial charge in [-0.25, -0.2) is 8.42 Å². The van der Waals surface area contributed by atoms with Crippen molar-refractivity contribution in [2.45, 2.75) is 17.7 Å². The number of carbonyl (C=O) groups excluding carboxylic acids is 1. The molecule has 0 aromatic heterocycles. The van der Waals surface area contributed by atoms with Gasteiger partial charge >= 0.3 is 0 Å². The Morgan fingerprint density at radius 1 is 0.969 bits per heavy atom. The first-order valence-electron chi connectivity index (χ1n) is 10.1. The van der Waals surface area contributed by atoms with Gasteiger partial charge in [0.15, 0.2) is 0 Å². The van der Waals surface area contributed by atoms with Crippen LogP contribution in [0.15, 0.2) is 88.2 Å².